The van der Waals surface area contributed by atoms with Gasteiger partial charge in [0.15, 0.2) is 11.5 Å². The molecule has 0 spiro atoms. The summed E-state index contributed by atoms with van der Waals surface area (Å²) in [4.78, 5) is 27.3. The van der Waals surface area contributed by atoms with Crippen molar-refractivity contribution < 1.29 is 19.4 Å². The highest BCUT2D eigenvalue weighted by molar-refractivity contribution is 6.34. The Balaban J connectivity index is 0.000000442. The van der Waals surface area contributed by atoms with Crippen LogP contribution in [0.4, 0.5) is 5.69 Å². The molecule has 1 heterocycles. The molecule has 0 radical (unpaired) electrons. The van der Waals surface area contributed by atoms with Gasteiger partial charge in [0.05, 0.1) is 13.2 Å². The first-order valence-electron chi connectivity index (χ1n) is 11.6. The van der Waals surface area contributed by atoms with Crippen molar-refractivity contribution in [2.75, 3.05) is 31.6 Å². The third-order valence-corrected chi connectivity index (χ3v) is 6.44. The van der Waals surface area contributed by atoms with Crippen LogP contribution in [0.5, 0.6) is 11.5 Å². The van der Waals surface area contributed by atoms with Crippen molar-refractivity contribution in [1.29, 1.82) is 0 Å². The topological polar surface area (TPSA) is 96.1 Å². The number of ether oxygens (including phenoxy) is 1. The molecule has 2 aromatic carbocycles. The Morgan fingerprint density at radius 2 is 1.79 bits per heavy atom. The summed E-state index contributed by atoms with van der Waals surface area (Å²) in [7, 11) is 1.50. The zero-order valence-corrected chi connectivity index (χ0v) is 19.6. The minimum absolute atomic E-state index is 0.0604. The molecule has 7 heteroatoms. The van der Waals surface area contributed by atoms with Crippen molar-refractivity contribution >= 4 is 17.5 Å². The number of piperazine rings is 1. The first kappa shape index (κ1) is 24.4. The van der Waals surface area contributed by atoms with Gasteiger partial charge in [-0.1, -0.05) is 62.9 Å². The highest BCUT2D eigenvalue weighted by Crippen LogP contribution is 2.31. The van der Waals surface area contributed by atoms with E-state index in [1.165, 1.54) is 32.8 Å². The summed E-state index contributed by atoms with van der Waals surface area (Å²) >= 11 is 0. The summed E-state index contributed by atoms with van der Waals surface area (Å²) in [6.07, 6.45) is 6.56. The summed E-state index contributed by atoms with van der Waals surface area (Å²) in [5, 5.41) is 10.1. The molecule has 1 saturated heterocycles. The van der Waals surface area contributed by atoms with E-state index < -0.39 is 11.8 Å². The lowest BCUT2D eigenvalue weighted by Gasteiger charge is -2.42. The molecule has 2 fully saturated rings. The highest BCUT2D eigenvalue weighted by Gasteiger charge is 2.33. The molecule has 1 atom stereocenters. The normalized spacial score (nSPS) is 18.4. The number of carbonyl (C=O) groups excluding carboxylic acids is 2. The first-order valence-corrected chi connectivity index (χ1v) is 11.6. The number of phenols is 1. The summed E-state index contributed by atoms with van der Waals surface area (Å²) in [6, 6.07) is 14.8. The lowest BCUT2D eigenvalue weighted by Crippen LogP contribution is -2.58. The second-order valence-corrected chi connectivity index (χ2v) is 8.90. The minimum atomic E-state index is -0.941. The molecule has 3 N–H and O–H groups in total. The molecule has 4 rings (SSSR count). The van der Waals surface area contributed by atoms with E-state index in [4.69, 9.17) is 10.5 Å². The third-order valence-electron chi connectivity index (χ3n) is 6.44. The average molecular weight is 454 g/mol. The van der Waals surface area contributed by atoms with Gasteiger partial charge in [0.1, 0.15) is 0 Å². The number of benzene rings is 2. The van der Waals surface area contributed by atoms with Gasteiger partial charge in [0, 0.05) is 31.4 Å². The predicted octanol–water partition coefficient (Wildman–Crippen LogP) is 3.34. The van der Waals surface area contributed by atoms with Crippen LogP contribution < -0.4 is 15.4 Å². The molecule has 178 valence electrons. The lowest BCUT2D eigenvalue weighted by atomic mass is 10.0. The SMILES string of the molecule is CC1CCCC1.COc1ccc(N2CCN(C(=O)C(N)=O)[C@@H](Cc3ccccc3)C2)cc1O. The molecule has 1 saturated carbocycles. The van der Waals surface area contributed by atoms with E-state index in [9.17, 15) is 14.7 Å². The smallest absolute Gasteiger partial charge is 0.312 e. The van der Waals surface area contributed by atoms with Gasteiger partial charge in [-0.05, 0) is 30.0 Å². The zero-order valence-electron chi connectivity index (χ0n) is 19.6. The fourth-order valence-corrected chi connectivity index (χ4v) is 4.56. The maximum absolute atomic E-state index is 12.3. The van der Waals surface area contributed by atoms with Crippen LogP contribution in [0.3, 0.4) is 0 Å². The number of primary amides is 1. The summed E-state index contributed by atoms with van der Waals surface area (Å²) in [5.74, 6) is -0.0888. The Bertz CT molecular complexity index is 928. The van der Waals surface area contributed by atoms with Gasteiger partial charge < -0.3 is 25.4 Å². The number of amides is 2. The van der Waals surface area contributed by atoms with Gasteiger partial charge in [-0.2, -0.15) is 0 Å². The summed E-state index contributed by atoms with van der Waals surface area (Å²) in [6.45, 7) is 3.79. The Morgan fingerprint density at radius 1 is 1.09 bits per heavy atom. The van der Waals surface area contributed by atoms with E-state index in [2.05, 4.69) is 11.8 Å². The van der Waals surface area contributed by atoms with E-state index in [0.717, 1.165) is 17.2 Å². The van der Waals surface area contributed by atoms with Crippen molar-refractivity contribution in [3.8, 4) is 11.5 Å². The van der Waals surface area contributed by atoms with Gasteiger partial charge in [-0.25, -0.2) is 0 Å². The Kier molecular flexibility index (Phi) is 8.58. The van der Waals surface area contributed by atoms with Crippen LogP contribution >= 0.6 is 0 Å². The second-order valence-electron chi connectivity index (χ2n) is 8.90. The average Bonchev–Trinajstić information content (AvgIpc) is 3.30. The molecular formula is C26H35N3O4. The van der Waals surface area contributed by atoms with Gasteiger partial charge in [0.2, 0.25) is 0 Å². The maximum atomic E-state index is 12.3. The zero-order chi connectivity index (χ0) is 23.8. The quantitative estimate of drug-likeness (QED) is 0.692. The molecule has 0 unspecified atom stereocenters. The van der Waals surface area contributed by atoms with Crippen LogP contribution in [0.2, 0.25) is 0 Å². The number of nitrogens with zero attached hydrogens (tertiary/aromatic N) is 2. The van der Waals surface area contributed by atoms with E-state index in [1.807, 2.05) is 36.4 Å². The Hall–Kier alpha value is -3.22. The number of hydrogen-bond acceptors (Lipinski definition) is 5. The van der Waals surface area contributed by atoms with Crippen LogP contribution in [0.15, 0.2) is 48.5 Å². The molecule has 2 amide bonds. The number of anilines is 1. The molecule has 2 aromatic rings. The first-order chi connectivity index (χ1) is 15.9. The largest absolute Gasteiger partial charge is 0.504 e. The molecule has 1 aliphatic heterocycles. The monoisotopic (exact) mass is 453 g/mol. The van der Waals surface area contributed by atoms with Crippen LogP contribution in [-0.2, 0) is 16.0 Å². The van der Waals surface area contributed by atoms with E-state index >= 15 is 0 Å². The Labute approximate surface area is 196 Å². The summed E-state index contributed by atoms with van der Waals surface area (Å²) < 4.78 is 5.09. The predicted molar refractivity (Wildman–Crippen MR) is 129 cm³/mol. The molecule has 0 bridgehead atoms. The lowest BCUT2D eigenvalue weighted by molar-refractivity contribution is -0.146. The molecule has 1 aliphatic carbocycles. The van der Waals surface area contributed by atoms with E-state index in [1.54, 1.807) is 17.0 Å². The Morgan fingerprint density at radius 3 is 2.33 bits per heavy atom. The number of rotatable bonds is 4. The van der Waals surface area contributed by atoms with Gasteiger partial charge >= 0.3 is 11.8 Å². The number of nitrogens with two attached hydrogens (primary N) is 1. The molecule has 0 aromatic heterocycles. The van der Waals surface area contributed by atoms with E-state index in [-0.39, 0.29) is 11.8 Å². The van der Waals surface area contributed by atoms with Crippen molar-refractivity contribution in [3.63, 3.8) is 0 Å². The molecule has 7 nitrogen and oxygen atoms in total. The van der Waals surface area contributed by atoms with Crippen LogP contribution in [0.25, 0.3) is 0 Å². The third kappa shape index (κ3) is 6.63. The number of aromatic hydroxyl groups is 1. The van der Waals surface area contributed by atoms with Crippen molar-refractivity contribution in [3.05, 3.63) is 54.1 Å². The molecule has 2 aliphatic rings. The van der Waals surface area contributed by atoms with Crippen LogP contribution in [-0.4, -0.2) is 54.6 Å². The number of methoxy groups -OCH3 is 1. The number of carbonyl (C=O) groups is 2. The standard InChI is InChI=1S/C20H23N3O4.C6H12/c1-27-18-8-7-15(12-17(18)24)22-9-10-23(20(26)19(21)25)16(13-22)11-14-5-3-2-4-6-14;1-6-4-2-3-5-6/h2-8,12,16,24H,9-11,13H2,1H3,(H2,21,25);6H,2-5H2,1H3/t16-;/m0./s1. The number of hydrogen-bond donors (Lipinski definition) is 2. The van der Waals surface area contributed by atoms with Crippen molar-refractivity contribution in [1.82, 2.24) is 4.90 Å². The fraction of sp³-hybridized carbons (Fsp3) is 0.462. The molecular weight excluding hydrogens is 418 g/mol. The molecule has 33 heavy (non-hydrogen) atoms. The summed E-state index contributed by atoms with van der Waals surface area (Å²) in [5.41, 5.74) is 7.13. The van der Waals surface area contributed by atoms with Gasteiger partial charge in [-0.15, -0.1) is 0 Å². The highest BCUT2D eigenvalue weighted by atomic mass is 16.5. The fourth-order valence-electron chi connectivity index (χ4n) is 4.56. The maximum Gasteiger partial charge on any atom is 0.312 e. The van der Waals surface area contributed by atoms with Gasteiger partial charge in [0.25, 0.3) is 0 Å². The van der Waals surface area contributed by atoms with Crippen LogP contribution in [0.1, 0.15) is 38.2 Å². The van der Waals surface area contributed by atoms with Crippen molar-refractivity contribution in [2.24, 2.45) is 11.7 Å². The van der Waals surface area contributed by atoms with Crippen LogP contribution in [0, 0.1) is 5.92 Å². The van der Waals surface area contributed by atoms with Gasteiger partial charge in [-0.3, -0.25) is 9.59 Å². The minimum Gasteiger partial charge on any atom is -0.504 e. The second kappa shape index (κ2) is 11.6. The van der Waals surface area contributed by atoms with E-state index in [0.29, 0.717) is 31.8 Å². The number of phenolic OH excluding ortho intramolecular Hbond substituents is 1. The van der Waals surface area contributed by atoms with Crippen molar-refractivity contribution in [2.45, 2.75) is 45.1 Å².